The number of piperidine rings is 1. The third-order valence-corrected chi connectivity index (χ3v) is 5.78. The molecule has 2 aromatic rings. The second kappa shape index (κ2) is 8.19. The van der Waals surface area contributed by atoms with Gasteiger partial charge in [0, 0.05) is 23.8 Å². The van der Waals surface area contributed by atoms with Gasteiger partial charge in [-0.25, -0.2) is 9.97 Å². The van der Waals surface area contributed by atoms with Gasteiger partial charge in [0.25, 0.3) is 0 Å². The molecule has 1 aliphatic rings. The third kappa shape index (κ3) is 4.73. The SMILES string of the molecule is O[C@H](CNc1nccc(-c2sccc2Br)n1)CN1CCCCC1. The first-order valence-electron chi connectivity index (χ1n) is 7.93. The second-order valence-electron chi connectivity index (χ2n) is 5.76. The number of aromatic nitrogens is 2. The number of rotatable bonds is 6. The summed E-state index contributed by atoms with van der Waals surface area (Å²) in [6.07, 6.45) is 5.12. The molecule has 23 heavy (non-hydrogen) atoms. The van der Waals surface area contributed by atoms with Crippen LogP contribution in [-0.4, -0.2) is 52.3 Å². The third-order valence-electron chi connectivity index (χ3n) is 3.92. The molecule has 1 aliphatic heterocycles. The van der Waals surface area contributed by atoms with Gasteiger partial charge in [-0.3, -0.25) is 0 Å². The second-order valence-corrected chi connectivity index (χ2v) is 7.53. The molecule has 1 atom stereocenters. The van der Waals surface area contributed by atoms with Gasteiger partial charge in [0.15, 0.2) is 0 Å². The number of halogens is 1. The van der Waals surface area contributed by atoms with Crippen LogP contribution in [0.2, 0.25) is 0 Å². The molecule has 0 bridgehead atoms. The van der Waals surface area contributed by atoms with Crippen LogP contribution in [0.1, 0.15) is 19.3 Å². The van der Waals surface area contributed by atoms with Crippen LogP contribution in [0.3, 0.4) is 0 Å². The van der Waals surface area contributed by atoms with Gasteiger partial charge >= 0.3 is 0 Å². The maximum Gasteiger partial charge on any atom is 0.223 e. The summed E-state index contributed by atoms with van der Waals surface area (Å²) in [6, 6.07) is 3.91. The zero-order valence-corrected chi connectivity index (χ0v) is 15.3. The minimum absolute atomic E-state index is 0.408. The van der Waals surface area contributed by atoms with E-state index in [9.17, 15) is 5.11 Å². The molecule has 0 unspecified atom stereocenters. The predicted molar refractivity (Wildman–Crippen MR) is 97.8 cm³/mol. The van der Waals surface area contributed by atoms with Crippen molar-refractivity contribution in [1.82, 2.24) is 14.9 Å². The van der Waals surface area contributed by atoms with E-state index in [4.69, 9.17) is 0 Å². The first kappa shape index (κ1) is 16.8. The largest absolute Gasteiger partial charge is 0.390 e. The Morgan fingerprint density at radius 2 is 2.13 bits per heavy atom. The number of likely N-dealkylation sites (tertiary alicyclic amines) is 1. The molecule has 2 N–H and O–H groups in total. The fraction of sp³-hybridized carbons (Fsp3) is 0.500. The molecule has 0 saturated carbocycles. The highest BCUT2D eigenvalue weighted by Gasteiger charge is 2.15. The Morgan fingerprint density at radius 3 is 2.87 bits per heavy atom. The summed E-state index contributed by atoms with van der Waals surface area (Å²) in [5.74, 6) is 0.556. The van der Waals surface area contributed by atoms with E-state index < -0.39 is 6.10 Å². The molecule has 1 fully saturated rings. The number of thiophene rings is 1. The van der Waals surface area contributed by atoms with Gasteiger partial charge in [-0.15, -0.1) is 11.3 Å². The number of aliphatic hydroxyl groups excluding tert-OH is 1. The van der Waals surface area contributed by atoms with Crippen LogP contribution in [0.25, 0.3) is 10.6 Å². The topological polar surface area (TPSA) is 61.3 Å². The van der Waals surface area contributed by atoms with Gasteiger partial charge in [-0.05, 0) is 59.4 Å². The maximum absolute atomic E-state index is 10.2. The average molecular weight is 397 g/mol. The first-order valence-corrected chi connectivity index (χ1v) is 9.60. The standard InChI is InChI=1S/C16H21BrN4OS/c17-13-5-9-23-15(13)14-4-6-18-16(20-14)19-10-12(22)11-21-7-2-1-3-8-21/h4-6,9,12,22H,1-3,7-8,10-11H2,(H,18,19,20)/t12-/m1/s1. The molecule has 7 heteroatoms. The highest BCUT2D eigenvalue weighted by atomic mass is 79.9. The van der Waals surface area contributed by atoms with Crippen molar-refractivity contribution in [3.05, 3.63) is 28.2 Å². The van der Waals surface area contributed by atoms with Gasteiger partial charge in [0.05, 0.1) is 16.7 Å². The summed E-state index contributed by atoms with van der Waals surface area (Å²) in [4.78, 5) is 12.2. The Kier molecular flexibility index (Phi) is 5.99. The fourth-order valence-corrected chi connectivity index (χ4v) is 4.31. The Morgan fingerprint density at radius 1 is 1.30 bits per heavy atom. The zero-order chi connectivity index (χ0) is 16.1. The van der Waals surface area contributed by atoms with Gasteiger partial charge in [-0.2, -0.15) is 0 Å². The molecule has 0 amide bonds. The molecule has 0 spiro atoms. The number of nitrogens with zero attached hydrogens (tertiary/aromatic N) is 3. The number of β-amino-alcohol motifs (C(OH)–C–C–N with tert-alkyl or cyclic N) is 1. The van der Waals surface area contributed by atoms with Gasteiger partial charge in [0.1, 0.15) is 0 Å². The van der Waals surface area contributed by atoms with Crippen molar-refractivity contribution in [2.45, 2.75) is 25.4 Å². The van der Waals surface area contributed by atoms with Crippen LogP contribution in [0.4, 0.5) is 5.95 Å². The van der Waals surface area contributed by atoms with Crippen LogP contribution in [-0.2, 0) is 0 Å². The molecule has 5 nitrogen and oxygen atoms in total. The smallest absolute Gasteiger partial charge is 0.223 e. The van der Waals surface area contributed by atoms with Gasteiger partial charge in [0.2, 0.25) is 5.95 Å². The summed E-state index contributed by atoms with van der Waals surface area (Å²) >= 11 is 5.17. The fourth-order valence-electron chi connectivity index (χ4n) is 2.76. The highest BCUT2D eigenvalue weighted by Crippen LogP contribution is 2.32. The molecule has 0 aliphatic carbocycles. The van der Waals surface area contributed by atoms with E-state index in [-0.39, 0.29) is 0 Å². The van der Waals surface area contributed by atoms with Crippen LogP contribution in [0, 0.1) is 0 Å². The number of aliphatic hydroxyl groups is 1. The molecule has 0 aromatic carbocycles. The van der Waals surface area contributed by atoms with Crippen molar-refractivity contribution in [3.63, 3.8) is 0 Å². The van der Waals surface area contributed by atoms with Crippen molar-refractivity contribution in [2.24, 2.45) is 0 Å². The van der Waals surface area contributed by atoms with E-state index in [0.717, 1.165) is 28.1 Å². The molecule has 1 saturated heterocycles. The minimum Gasteiger partial charge on any atom is -0.390 e. The van der Waals surface area contributed by atoms with Gasteiger partial charge < -0.3 is 15.3 Å². The lowest BCUT2D eigenvalue weighted by molar-refractivity contribution is 0.109. The van der Waals surface area contributed by atoms with Crippen LogP contribution in [0.5, 0.6) is 0 Å². The number of hydrogen-bond acceptors (Lipinski definition) is 6. The lowest BCUT2D eigenvalue weighted by atomic mass is 10.1. The summed E-state index contributed by atoms with van der Waals surface area (Å²) in [5.41, 5.74) is 0.884. The van der Waals surface area contributed by atoms with E-state index in [1.165, 1.54) is 19.3 Å². The van der Waals surface area contributed by atoms with E-state index in [1.807, 2.05) is 17.5 Å². The molecule has 0 radical (unpaired) electrons. The zero-order valence-electron chi connectivity index (χ0n) is 12.9. The van der Waals surface area contributed by atoms with Crippen molar-refractivity contribution in [2.75, 3.05) is 31.5 Å². The van der Waals surface area contributed by atoms with Crippen molar-refractivity contribution in [3.8, 4) is 10.6 Å². The quantitative estimate of drug-likeness (QED) is 0.784. The Bertz CT molecular complexity index is 630. The molecule has 124 valence electrons. The summed E-state index contributed by atoms with van der Waals surface area (Å²) < 4.78 is 1.04. The normalized spacial score (nSPS) is 17.1. The first-order chi connectivity index (χ1) is 11.2. The Balaban J connectivity index is 1.55. The summed E-state index contributed by atoms with van der Waals surface area (Å²) in [6.45, 7) is 3.36. The van der Waals surface area contributed by atoms with Crippen LogP contribution in [0.15, 0.2) is 28.2 Å². The van der Waals surface area contributed by atoms with Crippen molar-refractivity contribution < 1.29 is 5.11 Å². The lowest BCUT2D eigenvalue weighted by Gasteiger charge is -2.28. The minimum atomic E-state index is -0.408. The van der Waals surface area contributed by atoms with Crippen LogP contribution < -0.4 is 5.32 Å². The number of hydrogen-bond donors (Lipinski definition) is 2. The molecular formula is C16H21BrN4OS. The van der Waals surface area contributed by atoms with Crippen LogP contribution >= 0.6 is 27.3 Å². The monoisotopic (exact) mass is 396 g/mol. The molecule has 3 heterocycles. The van der Waals surface area contributed by atoms with E-state index in [0.29, 0.717) is 19.0 Å². The Labute approximate surface area is 148 Å². The van der Waals surface area contributed by atoms with Crippen molar-refractivity contribution in [1.29, 1.82) is 0 Å². The number of nitrogens with one attached hydrogen (secondary N) is 1. The number of anilines is 1. The molecule has 3 rings (SSSR count). The summed E-state index contributed by atoms with van der Waals surface area (Å²) in [5, 5.41) is 15.4. The maximum atomic E-state index is 10.2. The van der Waals surface area contributed by atoms with E-state index >= 15 is 0 Å². The molecular weight excluding hydrogens is 376 g/mol. The highest BCUT2D eigenvalue weighted by molar-refractivity contribution is 9.10. The predicted octanol–water partition coefficient (Wildman–Crippen LogP) is 3.23. The van der Waals surface area contributed by atoms with E-state index in [1.54, 1.807) is 17.5 Å². The van der Waals surface area contributed by atoms with E-state index in [2.05, 4.69) is 36.1 Å². The molecule has 2 aromatic heterocycles. The Hall–Kier alpha value is -1.02. The average Bonchev–Trinajstić information content (AvgIpc) is 3.00. The van der Waals surface area contributed by atoms with Gasteiger partial charge in [-0.1, -0.05) is 6.42 Å². The lowest BCUT2D eigenvalue weighted by Crippen LogP contribution is -2.39. The van der Waals surface area contributed by atoms with Crippen molar-refractivity contribution >= 4 is 33.2 Å². The summed E-state index contributed by atoms with van der Waals surface area (Å²) in [7, 11) is 0.